The molecule has 0 saturated carbocycles. The van der Waals surface area contributed by atoms with Crippen LogP contribution in [-0.2, 0) is 5.41 Å². The molecule has 1 nitrogen and oxygen atoms in total. The lowest BCUT2D eigenvalue weighted by Crippen LogP contribution is -2.12. The standard InChI is InChI=1S/C20H21N/c1-13-9-10-17-15(11-13)18-19(21-17)16(12-20(18,2)3)14-7-5-4-6-8-14/h4-11,16,21H,12H2,1-3H3. The Morgan fingerprint density at radius 3 is 2.57 bits per heavy atom. The van der Waals surface area contributed by atoms with E-state index >= 15 is 0 Å². The van der Waals surface area contributed by atoms with E-state index < -0.39 is 0 Å². The van der Waals surface area contributed by atoms with Gasteiger partial charge in [0.15, 0.2) is 0 Å². The number of aromatic amines is 1. The van der Waals surface area contributed by atoms with E-state index in [9.17, 15) is 0 Å². The lowest BCUT2D eigenvalue weighted by atomic mass is 9.83. The zero-order valence-electron chi connectivity index (χ0n) is 12.9. The van der Waals surface area contributed by atoms with Crippen LogP contribution in [0.5, 0.6) is 0 Å². The molecule has 106 valence electrons. The average Bonchev–Trinajstić information content (AvgIpc) is 2.96. The molecule has 0 radical (unpaired) electrons. The molecule has 1 aliphatic rings. The average molecular weight is 275 g/mol. The molecule has 0 bridgehead atoms. The highest BCUT2D eigenvalue weighted by molar-refractivity contribution is 5.87. The molecule has 21 heavy (non-hydrogen) atoms. The number of rotatable bonds is 1. The summed E-state index contributed by atoms with van der Waals surface area (Å²) < 4.78 is 0. The fourth-order valence-electron chi connectivity index (χ4n) is 4.00. The maximum Gasteiger partial charge on any atom is 0.0459 e. The van der Waals surface area contributed by atoms with Crippen LogP contribution in [0.4, 0.5) is 0 Å². The monoisotopic (exact) mass is 275 g/mol. The molecule has 0 fully saturated rings. The number of benzene rings is 2. The molecule has 1 unspecified atom stereocenters. The van der Waals surface area contributed by atoms with Crippen LogP contribution in [0.15, 0.2) is 48.5 Å². The summed E-state index contributed by atoms with van der Waals surface area (Å²) >= 11 is 0. The number of nitrogens with one attached hydrogen (secondary N) is 1. The van der Waals surface area contributed by atoms with Crippen LogP contribution in [0.25, 0.3) is 10.9 Å². The van der Waals surface area contributed by atoms with Crippen molar-refractivity contribution >= 4 is 10.9 Å². The third-order valence-corrected chi connectivity index (χ3v) is 4.92. The highest BCUT2D eigenvalue weighted by Gasteiger charge is 2.40. The first-order valence-corrected chi connectivity index (χ1v) is 7.74. The second-order valence-corrected chi connectivity index (χ2v) is 7.01. The number of H-pyrrole nitrogens is 1. The smallest absolute Gasteiger partial charge is 0.0459 e. The lowest BCUT2D eigenvalue weighted by Gasteiger charge is -2.20. The molecular formula is C20H21N. The van der Waals surface area contributed by atoms with Crippen molar-refractivity contribution in [2.75, 3.05) is 0 Å². The summed E-state index contributed by atoms with van der Waals surface area (Å²) in [5.74, 6) is 0.490. The van der Waals surface area contributed by atoms with Crippen molar-refractivity contribution < 1.29 is 0 Å². The Hall–Kier alpha value is -2.02. The van der Waals surface area contributed by atoms with Crippen LogP contribution < -0.4 is 0 Å². The summed E-state index contributed by atoms with van der Waals surface area (Å²) in [4.78, 5) is 3.71. The van der Waals surface area contributed by atoms with Crippen molar-refractivity contribution in [3.05, 3.63) is 70.9 Å². The molecule has 1 heteroatoms. The summed E-state index contributed by atoms with van der Waals surface area (Å²) in [5, 5.41) is 1.41. The fourth-order valence-corrected chi connectivity index (χ4v) is 4.00. The van der Waals surface area contributed by atoms with E-state index in [2.05, 4.69) is 74.3 Å². The van der Waals surface area contributed by atoms with Crippen molar-refractivity contribution in [3.63, 3.8) is 0 Å². The number of fused-ring (bicyclic) bond motifs is 3. The fraction of sp³-hybridized carbons (Fsp3) is 0.300. The topological polar surface area (TPSA) is 15.8 Å². The molecule has 4 rings (SSSR count). The van der Waals surface area contributed by atoms with Gasteiger partial charge < -0.3 is 4.98 Å². The van der Waals surface area contributed by atoms with Crippen molar-refractivity contribution in [1.82, 2.24) is 4.98 Å². The predicted molar refractivity (Wildman–Crippen MR) is 89.0 cm³/mol. The molecule has 0 spiro atoms. The third kappa shape index (κ3) is 1.84. The maximum absolute atomic E-state index is 3.71. The molecule has 3 aromatic rings. The Labute approximate surface area is 126 Å². The SMILES string of the molecule is Cc1ccc2[nH]c3c(c2c1)C(C)(C)CC3c1ccccc1. The lowest BCUT2D eigenvalue weighted by molar-refractivity contribution is 0.501. The van der Waals surface area contributed by atoms with Crippen LogP contribution >= 0.6 is 0 Å². The summed E-state index contributed by atoms with van der Waals surface area (Å²) in [6.45, 7) is 6.93. The maximum atomic E-state index is 3.71. The molecule has 2 aromatic carbocycles. The van der Waals surface area contributed by atoms with E-state index in [1.165, 1.54) is 39.7 Å². The van der Waals surface area contributed by atoms with Gasteiger partial charge in [-0.1, -0.05) is 55.8 Å². The van der Waals surface area contributed by atoms with E-state index in [1.54, 1.807) is 0 Å². The number of hydrogen-bond donors (Lipinski definition) is 1. The highest BCUT2D eigenvalue weighted by Crippen LogP contribution is 2.51. The normalized spacial score (nSPS) is 19.9. The van der Waals surface area contributed by atoms with Crippen LogP contribution in [0, 0.1) is 6.92 Å². The summed E-state index contributed by atoms with van der Waals surface area (Å²) in [5.41, 5.74) is 7.21. The molecule has 1 aromatic heterocycles. The van der Waals surface area contributed by atoms with E-state index in [-0.39, 0.29) is 5.41 Å². The van der Waals surface area contributed by atoms with Crippen molar-refractivity contribution in [1.29, 1.82) is 0 Å². The number of aryl methyl sites for hydroxylation is 1. The van der Waals surface area contributed by atoms with E-state index in [1.807, 2.05) is 0 Å². The number of aromatic nitrogens is 1. The van der Waals surface area contributed by atoms with Gasteiger partial charge in [0.05, 0.1) is 0 Å². The Kier molecular flexibility index (Phi) is 2.56. The van der Waals surface area contributed by atoms with Gasteiger partial charge in [0.1, 0.15) is 0 Å². The van der Waals surface area contributed by atoms with Gasteiger partial charge in [0.25, 0.3) is 0 Å². The minimum absolute atomic E-state index is 0.224. The molecule has 1 aliphatic carbocycles. The predicted octanol–water partition coefficient (Wildman–Crippen LogP) is 5.29. The van der Waals surface area contributed by atoms with Crippen LogP contribution in [0.2, 0.25) is 0 Å². The van der Waals surface area contributed by atoms with Gasteiger partial charge >= 0.3 is 0 Å². The third-order valence-electron chi connectivity index (χ3n) is 4.92. The largest absolute Gasteiger partial charge is 0.358 e. The molecule has 0 amide bonds. The quantitative estimate of drug-likeness (QED) is 0.621. The first-order chi connectivity index (χ1) is 10.1. The minimum atomic E-state index is 0.224. The zero-order valence-corrected chi connectivity index (χ0v) is 12.9. The Morgan fingerprint density at radius 1 is 1.05 bits per heavy atom. The summed E-state index contributed by atoms with van der Waals surface area (Å²) in [6.07, 6.45) is 1.18. The van der Waals surface area contributed by atoms with Gasteiger partial charge in [0.2, 0.25) is 0 Å². The molecule has 1 atom stereocenters. The van der Waals surface area contributed by atoms with Gasteiger partial charge in [-0.25, -0.2) is 0 Å². The van der Waals surface area contributed by atoms with E-state index in [0.717, 1.165) is 0 Å². The molecule has 1 N–H and O–H groups in total. The van der Waals surface area contributed by atoms with Crippen molar-refractivity contribution in [3.8, 4) is 0 Å². The summed E-state index contributed by atoms with van der Waals surface area (Å²) in [7, 11) is 0. The van der Waals surface area contributed by atoms with Gasteiger partial charge in [-0.2, -0.15) is 0 Å². The van der Waals surface area contributed by atoms with Gasteiger partial charge in [-0.15, -0.1) is 0 Å². The number of hydrogen-bond acceptors (Lipinski definition) is 0. The van der Waals surface area contributed by atoms with Gasteiger partial charge in [0, 0.05) is 22.5 Å². The Morgan fingerprint density at radius 2 is 1.81 bits per heavy atom. The first-order valence-electron chi connectivity index (χ1n) is 7.74. The summed E-state index contributed by atoms with van der Waals surface area (Å²) in [6, 6.07) is 17.7. The minimum Gasteiger partial charge on any atom is -0.358 e. The van der Waals surface area contributed by atoms with Crippen LogP contribution in [0.3, 0.4) is 0 Å². The molecule has 1 heterocycles. The highest BCUT2D eigenvalue weighted by atomic mass is 14.8. The zero-order chi connectivity index (χ0) is 14.6. The van der Waals surface area contributed by atoms with E-state index in [4.69, 9.17) is 0 Å². The van der Waals surface area contributed by atoms with E-state index in [0.29, 0.717) is 5.92 Å². The van der Waals surface area contributed by atoms with Gasteiger partial charge in [-0.05, 0) is 42.0 Å². The van der Waals surface area contributed by atoms with Crippen LogP contribution in [-0.4, -0.2) is 4.98 Å². The van der Waals surface area contributed by atoms with Crippen molar-refractivity contribution in [2.24, 2.45) is 0 Å². The van der Waals surface area contributed by atoms with Crippen molar-refractivity contribution in [2.45, 2.75) is 38.5 Å². The first kappa shape index (κ1) is 12.7. The molecular weight excluding hydrogens is 254 g/mol. The Balaban J connectivity index is 1.98. The second-order valence-electron chi connectivity index (χ2n) is 7.01. The second kappa shape index (κ2) is 4.24. The Bertz CT molecular complexity index is 808. The molecule has 0 saturated heterocycles. The van der Waals surface area contributed by atoms with Crippen LogP contribution in [0.1, 0.15) is 48.6 Å². The van der Waals surface area contributed by atoms with Gasteiger partial charge in [-0.3, -0.25) is 0 Å². The molecule has 0 aliphatic heterocycles.